The summed E-state index contributed by atoms with van der Waals surface area (Å²) in [5.41, 5.74) is 1.90. The average molecular weight is 409 g/mol. The first-order chi connectivity index (χ1) is 13.7. The normalized spacial score (nSPS) is 22.7. The minimum Gasteiger partial charge on any atom is -0.342 e. The number of halogens is 3. The summed E-state index contributed by atoms with van der Waals surface area (Å²) in [6.45, 7) is 5.09. The number of amides is 1. The SMILES string of the molecule is Cc1nc2nc(C(F)(F)F)nn2c(C)c1CCC(=O)N1CC[C@@H]2CCCC[C@H]2C1. The third kappa shape index (κ3) is 3.96. The van der Waals surface area contributed by atoms with Crippen molar-refractivity contribution in [3.63, 3.8) is 0 Å². The molecule has 1 amide bonds. The minimum atomic E-state index is -4.62. The van der Waals surface area contributed by atoms with E-state index in [1.165, 1.54) is 25.7 Å². The molecule has 9 heteroatoms. The van der Waals surface area contributed by atoms with Crippen LogP contribution < -0.4 is 0 Å². The molecule has 3 heterocycles. The molecule has 1 aliphatic carbocycles. The Hall–Kier alpha value is -2.19. The zero-order valence-electron chi connectivity index (χ0n) is 16.8. The van der Waals surface area contributed by atoms with Gasteiger partial charge in [0, 0.05) is 30.9 Å². The van der Waals surface area contributed by atoms with E-state index in [0.29, 0.717) is 30.1 Å². The first kappa shape index (κ1) is 20.1. The molecule has 1 aliphatic heterocycles. The van der Waals surface area contributed by atoms with E-state index in [1.807, 2.05) is 4.90 Å². The average Bonchev–Trinajstić information content (AvgIpc) is 3.12. The lowest BCUT2D eigenvalue weighted by atomic mass is 9.75. The van der Waals surface area contributed by atoms with E-state index in [0.717, 1.165) is 35.5 Å². The van der Waals surface area contributed by atoms with Crippen LogP contribution in [0.15, 0.2) is 0 Å². The molecule has 158 valence electrons. The van der Waals surface area contributed by atoms with Gasteiger partial charge in [0.05, 0.1) is 0 Å². The number of carbonyl (C=O) groups is 1. The highest BCUT2D eigenvalue weighted by atomic mass is 19.4. The van der Waals surface area contributed by atoms with Crippen LogP contribution in [0.5, 0.6) is 0 Å². The van der Waals surface area contributed by atoms with Gasteiger partial charge < -0.3 is 4.90 Å². The van der Waals surface area contributed by atoms with Gasteiger partial charge in [-0.05, 0) is 50.5 Å². The molecule has 0 radical (unpaired) electrons. The number of piperidine rings is 1. The molecule has 1 saturated heterocycles. The van der Waals surface area contributed by atoms with Crippen molar-refractivity contribution in [3.8, 4) is 0 Å². The summed E-state index contributed by atoms with van der Waals surface area (Å²) in [7, 11) is 0. The molecule has 0 bridgehead atoms. The van der Waals surface area contributed by atoms with Crippen LogP contribution in [0.4, 0.5) is 13.2 Å². The van der Waals surface area contributed by atoms with Gasteiger partial charge in [0.15, 0.2) is 0 Å². The molecule has 2 atom stereocenters. The van der Waals surface area contributed by atoms with Crippen molar-refractivity contribution in [3.05, 3.63) is 22.8 Å². The predicted molar refractivity (Wildman–Crippen MR) is 100 cm³/mol. The molecule has 1 saturated carbocycles. The summed E-state index contributed by atoms with van der Waals surface area (Å²) in [6, 6.07) is 0. The topological polar surface area (TPSA) is 63.4 Å². The van der Waals surface area contributed by atoms with Gasteiger partial charge in [-0.3, -0.25) is 4.79 Å². The van der Waals surface area contributed by atoms with Crippen molar-refractivity contribution in [1.29, 1.82) is 0 Å². The number of hydrogen-bond acceptors (Lipinski definition) is 4. The van der Waals surface area contributed by atoms with Crippen LogP contribution in [0.3, 0.4) is 0 Å². The molecular weight excluding hydrogens is 383 g/mol. The lowest BCUT2D eigenvalue weighted by molar-refractivity contribution is -0.144. The molecule has 2 aromatic rings. The second kappa shape index (κ2) is 7.57. The Morgan fingerprint density at radius 1 is 1.10 bits per heavy atom. The highest BCUT2D eigenvalue weighted by molar-refractivity contribution is 5.76. The van der Waals surface area contributed by atoms with Crippen molar-refractivity contribution in [2.75, 3.05) is 13.1 Å². The molecule has 6 nitrogen and oxygen atoms in total. The number of carbonyl (C=O) groups excluding carboxylic acids is 1. The van der Waals surface area contributed by atoms with Crippen LogP contribution in [-0.4, -0.2) is 43.5 Å². The number of aromatic nitrogens is 4. The van der Waals surface area contributed by atoms with E-state index < -0.39 is 12.0 Å². The second-order valence-corrected chi connectivity index (χ2v) is 8.34. The standard InChI is InChI=1S/C20H26F3N5O/c1-12-16(13(2)28-19(24-12)25-18(26-28)20(21,22)23)7-8-17(29)27-10-9-14-5-3-4-6-15(14)11-27/h14-15H,3-11H2,1-2H3/t14-,15-/m0/s1. The number of nitrogens with zero attached hydrogens (tertiary/aromatic N) is 5. The molecule has 0 N–H and O–H groups in total. The summed E-state index contributed by atoms with van der Waals surface area (Å²) >= 11 is 0. The van der Waals surface area contributed by atoms with E-state index in [-0.39, 0.29) is 11.7 Å². The lowest BCUT2D eigenvalue weighted by Crippen LogP contribution is -2.44. The van der Waals surface area contributed by atoms with Crippen molar-refractivity contribution < 1.29 is 18.0 Å². The van der Waals surface area contributed by atoms with Crippen LogP contribution in [0.2, 0.25) is 0 Å². The molecule has 2 fully saturated rings. The Morgan fingerprint density at radius 3 is 2.55 bits per heavy atom. The molecule has 2 aromatic heterocycles. The van der Waals surface area contributed by atoms with E-state index >= 15 is 0 Å². The highest BCUT2D eigenvalue weighted by Crippen LogP contribution is 2.36. The summed E-state index contributed by atoms with van der Waals surface area (Å²) in [6.07, 6.45) is 2.29. The summed E-state index contributed by atoms with van der Waals surface area (Å²) in [4.78, 5) is 22.4. The number of hydrogen-bond donors (Lipinski definition) is 0. The van der Waals surface area contributed by atoms with Crippen molar-refractivity contribution >= 4 is 11.7 Å². The van der Waals surface area contributed by atoms with Gasteiger partial charge in [-0.1, -0.05) is 19.3 Å². The smallest absolute Gasteiger partial charge is 0.342 e. The maximum atomic E-state index is 12.9. The number of likely N-dealkylation sites (tertiary alicyclic amines) is 1. The Balaban J connectivity index is 1.47. The zero-order chi connectivity index (χ0) is 20.8. The van der Waals surface area contributed by atoms with Crippen molar-refractivity contribution in [2.45, 2.75) is 65.0 Å². The highest BCUT2D eigenvalue weighted by Gasteiger charge is 2.37. The number of fused-ring (bicyclic) bond motifs is 2. The molecule has 0 aromatic carbocycles. The van der Waals surface area contributed by atoms with Crippen LogP contribution >= 0.6 is 0 Å². The summed E-state index contributed by atoms with van der Waals surface area (Å²) in [5, 5.41) is 3.57. The molecule has 4 rings (SSSR count). The van der Waals surface area contributed by atoms with Crippen molar-refractivity contribution in [1.82, 2.24) is 24.5 Å². The Kier molecular flexibility index (Phi) is 5.25. The molecule has 0 unspecified atom stereocenters. The minimum absolute atomic E-state index is 0.0678. The maximum absolute atomic E-state index is 12.9. The first-order valence-electron chi connectivity index (χ1n) is 10.3. The third-order valence-corrected chi connectivity index (χ3v) is 6.54. The summed E-state index contributed by atoms with van der Waals surface area (Å²) < 4.78 is 39.9. The molecule has 29 heavy (non-hydrogen) atoms. The molecular formula is C20H26F3N5O. The van der Waals surface area contributed by atoms with E-state index in [1.54, 1.807) is 13.8 Å². The molecule has 0 spiro atoms. The fraction of sp³-hybridized carbons (Fsp3) is 0.700. The van der Waals surface area contributed by atoms with Gasteiger partial charge >= 0.3 is 6.18 Å². The van der Waals surface area contributed by atoms with Crippen LogP contribution in [-0.2, 0) is 17.4 Å². The number of rotatable bonds is 3. The Labute approximate surface area is 167 Å². The van der Waals surface area contributed by atoms with E-state index in [4.69, 9.17) is 0 Å². The predicted octanol–water partition coefficient (Wildman–Crippen LogP) is 3.73. The quantitative estimate of drug-likeness (QED) is 0.775. The van der Waals surface area contributed by atoms with Crippen molar-refractivity contribution in [2.24, 2.45) is 11.8 Å². The maximum Gasteiger partial charge on any atom is 0.453 e. The van der Waals surface area contributed by atoms with Gasteiger partial charge in [0.1, 0.15) is 0 Å². The largest absolute Gasteiger partial charge is 0.453 e. The van der Waals surface area contributed by atoms with Crippen LogP contribution in [0, 0.1) is 25.7 Å². The second-order valence-electron chi connectivity index (χ2n) is 8.34. The third-order valence-electron chi connectivity index (χ3n) is 6.54. The van der Waals surface area contributed by atoms with Gasteiger partial charge in [0.25, 0.3) is 11.6 Å². The monoisotopic (exact) mass is 409 g/mol. The Morgan fingerprint density at radius 2 is 1.83 bits per heavy atom. The van der Waals surface area contributed by atoms with E-state index in [9.17, 15) is 18.0 Å². The fourth-order valence-corrected chi connectivity index (χ4v) is 4.91. The fourth-order valence-electron chi connectivity index (χ4n) is 4.91. The van der Waals surface area contributed by atoms with Gasteiger partial charge in [-0.15, -0.1) is 5.10 Å². The van der Waals surface area contributed by atoms with Crippen LogP contribution in [0.25, 0.3) is 5.78 Å². The Bertz CT molecular complexity index is 923. The number of aryl methyl sites for hydroxylation is 2. The van der Waals surface area contributed by atoms with Gasteiger partial charge in [-0.25, -0.2) is 9.50 Å². The number of alkyl halides is 3. The lowest BCUT2D eigenvalue weighted by Gasteiger charge is -2.41. The van der Waals surface area contributed by atoms with E-state index in [2.05, 4.69) is 15.1 Å². The van der Waals surface area contributed by atoms with Crippen LogP contribution in [0.1, 0.15) is 61.3 Å². The molecule has 2 aliphatic rings. The van der Waals surface area contributed by atoms with Gasteiger partial charge in [0.2, 0.25) is 5.91 Å². The zero-order valence-corrected chi connectivity index (χ0v) is 16.8. The first-order valence-corrected chi connectivity index (χ1v) is 10.3. The van der Waals surface area contributed by atoms with Gasteiger partial charge in [-0.2, -0.15) is 18.2 Å². The summed E-state index contributed by atoms with van der Waals surface area (Å²) in [5.74, 6) is 0.235.